The van der Waals surface area contributed by atoms with Gasteiger partial charge < -0.3 is 14.7 Å². The van der Waals surface area contributed by atoms with E-state index in [9.17, 15) is 0 Å². The minimum atomic E-state index is 0.516. The van der Waals surface area contributed by atoms with Crippen LogP contribution in [0, 0.1) is 0 Å². The minimum Gasteiger partial charge on any atom is -0.487 e. The third kappa shape index (κ3) is 4.45. The lowest BCUT2D eigenvalue weighted by Gasteiger charge is -2.03. The van der Waals surface area contributed by atoms with Crippen molar-refractivity contribution in [2.45, 2.75) is 32.8 Å². The second kappa shape index (κ2) is 9.15. The van der Waals surface area contributed by atoms with Crippen molar-refractivity contribution in [1.82, 2.24) is 9.97 Å². The molecule has 0 unspecified atom stereocenters. The van der Waals surface area contributed by atoms with Crippen LogP contribution >= 0.6 is 0 Å². The second-order valence-electron chi connectivity index (χ2n) is 8.12. The average molecular weight is 422 g/mol. The van der Waals surface area contributed by atoms with Crippen LogP contribution in [0.5, 0.6) is 5.75 Å². The van der Waals surface area contributed by atoms with E-state index in [2.05, 4.69) is 65.4 Å². The highest BCUT2D eigenvalue weighted by atomic mass is 16.5. The van der Waals surface area contributed by atoms with Crippen LogP contribution in [0.2, 0.25) is 0 Å². The molecular weight excluding hydrogens is 394 g/mol. The van der Waals surface area contributed by atoms with E-state index < -0.39 is 0 Å². The standard InChI is InChI=1S/C28H27N3O/c1-2-3-12-22-14-15-23(29-22)17-27-28(32-19-20-9-5-4-6-10-20)18-26(31-27)25-16-21-11-7-8-13-24(21)30-25/h4-11,13-18,29,31H,2-3,12,19H2,1H3. The van der Waals surface area contributed by atoms with E-state index >= 15 is 0 Å². The van der Waals surface area contributed by atoms with Gasteiger partial charge in [-0.05, 0) is 48.8 Å². The average Bonchev–Trinajstić information content (AvgIpc) is 3.55. The Kier molecular flexibility index (Phi) is 5.75. The molecule has 3 heterocycles. The van der Waals surface area contributed by atoms with Crippen LogP contribution in [0.15, 0.2) is 77.8 Å². The maximum absolute atomic E-state index is 6.24. The fraction of sp³-hybridized carbons (Fsp3) is 0.179. The molecule has 32 heavy (non-hydrogen) atoms. The molecule has 0 bridgehead atoms. The molecule has 160 valence electrons. The number of unbranched alkanes of at least 4 members (excludes halogenated alkanes) is 1. The first-order valence-corrected chi connectivity index (χ1v) is 11.2. The Morgan fingerprint density at radius 1 is 0.938 bits per heavy atom. The molecule has 2 N–H and O–H groups in total. The topological polar surface area (TPSA) is 53.2 Å². The third-order valence-electron chi connectivity index (χ3n) is 5.66. The van der Waals surface area contributed by atoms with E-state index in [0.29, 0.717) is 6.61 Å². The minimum absolute atomic E-state index is 0.516. The van der Waals surface area contributed by atoms with Crippen LogP contribution in [-0.2, 0) is 13.0 Å². The van der Waals surface area contributed by atoms with E-state index in [-0.39, 0.29) is 0 Å². The summed E-state index contributed by atoms with van der Waals surface area (Å²) in [5.41, 5.74) is 4.39. The Bertz CT molecular complexity index is 1420. The molecule has 5 rings (SSSR count). The van der Waals surface area contributed by atoms with Crippen molar-refractivity contribution in [3.05, 3.63) is 111 Å². The lowest BCUT2D eigenvalue weighted by Crippen LogP contribution is -2.19. The zero-order chi connectivity index (χ0) is 21.8. The summed E-state index contributed by atoms with van der Waals surface area (Å²) < 4.78 is 6.24. The van der Waals surface area contributed by atoms with Crippen molar-refractivity contribution in [3.8, 4) is 5.75 Å². The van der Waals surface area contributed by atoms with Gasteiger partial charge in [-0.3, -0.25) is 0 Å². The summed E-state index contributed by atoms with van der Waals surface area (Å²) in [6.07, 6.45) is 7.68. The van der Waals surface area contributed by atoms with Crippen molar-refractivity contribution >= 4 is 17.8 Å². The second-order valence-corrected chi connectivity index (χ2v) is 8.12. The van der Waals surface area contributed by atoms with Crippen molar-refractivity contribution in [3.63, 3.8) is 0 Å². The fourth-order valence-corrected chi connectivity index (χ4v) is 3.92. The van der Waals surface area contributed by atoms with Gasteiger partial charge in [0, 0.05) is 22.7 Å². The van der Waals surface area contributed by atoms with Gasteiger partial charge in [0.05, 0.1) is 21.8 Å². The van der Waals surface area contributed by atoms with Gasteiger partial charge in [-0.2, -0.15) is 0 Å². The Morgan fingerprint density at radius 3 is 2.62 bits per heavy atom. The van der Waals surface area contributed by atoms with Gasteiger partial charge in [0.25, 0.3) is 0 Å². The predicted octanol–water partition coefficient (Wildman–Crippen LogP) is 3.32. The molecule has 0 fully saturated rings. The summed E-state index contributed by atoms with van der Waals surface area (Å²) in [5.74, 6) is 0.820. The van der Waals surface area contributed by atoms with Gasteiger partial charge in [0.15, 0.2) is 0 Å². The maximum Gasteiger partial charge on any atom is 0.145 e. The van der Waals surface area contributed by atoms with Gasteiger partial charge in [-0.15, -0.1) is 0 Å². The van der Waals surface area contributed by atoms with Crippen molar-refractivity contribution < 1.29 is 4.74 Å². The molecule has 0 spiro atoms. The normalized spacial score (nSPS) is 14.7. The van der Waals surface area contributed by atoms with Crippen molar-refractivity contribution in [2.75, 3.05) is 0 Å². The quantitative estimate of drug-likeness (QED) is 0.473. The summed E-state index contributed by atoms with van der Waals surface area (Å²) >= 11 is 0. The fourth-order valence-electron chi connectivity index (χ4n) is 3.92. The Hall–Kier alpha value is -3.79. The van der Waals surface area contributed by atoms with Crippen LogP contribution in [0.4, 0.5) is 0 Å². The number of rotatable bonds is 7. The van der Waals surface area contributed by atoms with Crippen molar-refractivity contribution in [2.24, 2.45) is 4.99 Å². The number of hydrogen-bond donors (Lipinski definition) is 2. The molecule has 0 radical (unpaired) electrons. The Balaban J connectivity index is 1.54. The highest BCUT2D eigenvalue weighted by molar-refractivity contribution is 5.76. The largest absolute Gasteiger partial charge is 0.487 e. The molecule has 2 aromatic carbocycles. The number of aromatic nitrogens is 2. The molecule has 4 aromatic rings. The van der Waals surface area contributed by atoms with E-state index in [1.54, 1.807) is 0 Å². The number of fused-ring (bicyclic) bond motifs is 1. The molecule has 0 amide bonds. The monoisotopic (exact) mass is 421 g/mol. The Labute approximate surface area is 187 Å². The van der Waals surface area contributed by atoms with Gasteiger partial charge >= 0.3 is 0 Å². The summed E-state index contributed by atoms with van der Waals surface area (Å²) in [6.45, 7) is 2.73. The predicted molar refractivity (Wildman–Crippen MR) is 129 cm³/mol. The first-order chi connectivity index (χ1) is 15.8. The van der Waals surface area contributed by atoms with E-state index in [0.717, 1.165) is 50.4 Å². The third-order valence-corrected chi connectivity index (χ3v) is 5.66. The van der Waals surface area contributed by atoms with E-state index in [1.165, 1.54) is 18.5 Å². The van der Waals surface area contributed by atoms with Crippen LogP contribution in [0.1, 0.15) is 36.7 Å². The summed E-state index contributed by atoms with van der Waals surface area (Å²) in [7, 11) is 0. The number of para-hydroxylation sites is 1. The SMILES string of the molecule is CCCCc1ccc(C=c2[nH]c(=C3C=c4ccccc4=N3)cc2OCc2ccccc2)[nH]1. The highest BCUT2D eigenvalue weighted by Gasteiger charge is 2.07. The summed E-state index contributed by atoms with van der Waals surface area (Å²) in [5, 5.41) is 4.03. The summed E-state index contributed by atoms with van der Waals surface area (Å²) in [6, 6.07) is 24.8. The van der Waals surface area contributed by atoms with Crippen LogP contribution in [-0.4, -0.2) is 9.97 Å². The van der Waals surface area contributed by atoms with E-state index in [1.807, 2.05) is 36.4 Å². The molecule has 4 nitrogen and oxygen atoms in total. The number of H-pyrrole nitrogens is 2. The van der Waals surface area contributed by atoms with Gasteiger partial charge in [0.2, 0.25) is 0 Å². The van der Waals surface area contributed by atoms with Gasteiger partial charge in [-0.1, -0.05) is 61.9 Å². The lowest BCUT2D eigenvalue weighted by molar-refractivity contribution is 0.304. The van der Waals surface area contributed by atoms with Crippen molar-refractivity contribution in [1.29, 1.82) is 0 Å². The zero-order valence-corrected chi connectivity index (χ0v) is 18.3. The molecule has 0 saturated carbocycles. The van der Waals surface area contributed by atoms with Gasteiger partial charge in [0.1, 0.15) is 12.4 Å². The smallest absolute Gasteiger partial charge is 0.145 e. The van der Waals surface area contributed by atoms with Crippen LogP contribution < -0.4 is 26.0 Å². The molecule has 0 atom stereocenters. The number of nitrogens with zero attached hydrogens (tertiary/aromatic N) is 1. The number of aromatic amines is 2. The van der Waals surface area contributed by atoms with E-state index in [4.69, 9.17) is 9.73 Å². The Morgan fingerprint density at radius 2 is 1.78 bits per heavy atom. The first-order valence-electron chi connectivity index (χ1n) is 11.2. The molecule has 1 aliphatic heterocycles. The molecular formula is C28H27N3O. The number of benzene rings is 2. The van der Waals surface area contributed by atoms with Gasteiger partial charge in [-0.25, -0.2) is 4.99 Å². The molecule has 1 aliphatic rings. The number of aryl methyl sites for hydroxylation is 1. The maximum atomic E-state index is 6.24. The molecule has 0 aliphatic carbocycles. The summed E-state index contributed by atoms with van der Waals surface area (Å²) in [4.78, 5) is 11.8. The lowest BCUT2D eigenvalue weighted by atomic mass is 10.2. The highest BCUT2D eigenvalue weighted by Crippen LogP contribution is 2.10. The number of nitrogens with one attached hydrogen (secondary N) is 2. The molecule has 4 heteroatoms. The zero-order valence-electron chi connectivity index (χ0n) is 18.3. The molecule has 0 saturated heterocycles. The number of ether oxygens (including phenoxy) is 1. The van der Waals surface area contributed by atoms with Crippen LogP contribution in [0.25, 0.3) is 17.8 Å². The van der Waals surface area contributed by atoms with Crippen LogP contribution in [0.3, 0.4) is 0 Å². The molecule has 2 aromatic heterocycles. The number of hydrogen-bond acceptors (Lipinski definition) is 2. The first kappa shape index (κ1) is 20.1.